The van der Waals surface area contributed by atoms with Crippen molar-refractivity contribution in [1.29, 1.82) is 0 Å². The molecule has 0 bridgehead atoms. The molecule has 8 heteroatoms. The highest BCUT2D eigenvalue weighted by molar-refractivity contribution is 7.89. The fraction of sp³-hybridized carbons (Fsp3) is 0.174. The van der Waals surface area contributed by atoms with E-state index in [4.69, 9.17) is 4.74 Å². The summed E-state index contributed by atoms with van der Waals surface area (Å²) in [5, 5.41) is 6.18. The van der Waals surface area contributed by atoms with Crippen LogP contribution in [0.15, 0.2) is 83.8 Å². The molecule has 0 radical (unpaired) electrons. The number of sulfonamides is 1. The lowest BCUT2D eigenvalue weighted by molar-refractivity contribution is 0.0730. The Hall–Kier alpha value is -3.20. The van der Waals surface area contributed by atoms with Gasteiger partial charge in [0.1, 0.15) is 0 Å². The zero-order valence-corrected chi connectivity index (χ0v) is 17.6. The van der Waals surface area contributed by atoms with Crippen LogP contribution in [0.2, 0.25) is 0 Å². The molecule has 3 aromatic rings. The lowest BCUT2D eigenvalue weighted by atomic mass is 10.2. The third-order valence-electron chi connectivity index (χ3n) is 4.95. The number of nitrogens with one attached hydrogen (secondary N) is 2. The van der Waals surface area contributed by atoms with Crippen LogP contribution in [-0.2, 0) is 14.8 Å². The second kappa shape index (κ2) is 9.30. The van der Waals surface area contributed by atoms with Gasteiger partial charge in [0.25, 0.3) is 5.91 Å². The normalized spacial score (nSPS) is 14.7. The highest BCUT2D eigenvalue weighted by atomic mass is 32.2. The van der Waals surface area contributed by atoms with Crippen molar-refractivity contribution in [1.82, 2.24) is 4.31 Å². The predicted molar refractivity (Wildman–Crippen MR) is 120 cm³/mol. The van der Waals surface area contributed by atoms with Crippen molar-refractivity contribution in [2.75, 3.05) is 36.9 Å². The van der Waals surface area contributed by atoms with Crippen LogP contribution in [0.5, 0.6) is 0 Å². The summed E-state index contributed by atoms with van der Waals surface area (Å²) >= 11 is 0. The third kappa shape index (κ3) is 4.93. The fourth-order valence-electron chi connectivity index (χ4n) is 3.29. The van der Waals surface area contributed by atoms with Gasteiger partial charge >= 0.3 is 0 Å². The van der Waals surface area contributed by atoms with Crippen LogP contribution in [-0.4, -0.2) is 44.9 Å². The Bertz CT molecular complexity index is 1140. The van der Waals surface area contributed by atoms with Crippen molar-refractivity contribution in [3.8, 4) is 0 Å². The molecule has 31 heavy (non-hydrogen) atoms. The number of hydrogen-bond acceptors (Lipinski definition) is 5. The number of carbonyl (C=O) groups excluding carboxylic acids is 1. The van der Waals surface area contributed by atoms with E-state index in [1.54, 1.807) is 6.07 Å². The number of para-hydroxylation sites is 3. The molecule has 7 nitrogen and oxygen atoms in total. The summed E-state index contributed by atoms with van der Waals surface area (Å²) in [6, 6.07) is 23.0. The Kier molecular flexibility index (Phi) is 6.31. The Morgan fingerprint density at radius 1 is 0.806 bits per heavy atom. The van der Waals surface area contributed by atoms with Gasteiger partial charge in [-0.1, -0.05) is 30.3 Å². The Morgan fingerprint density at radius 2 is 1.42 bits per heavy atom. The number of amides is 1. The van der Waals surface area contributed by atoms with Crippen molar-refractivity contribution in [2.24, 2.45) is 0 Å². The zero-order valence-electron chi connectivity index (χ0n) is 16.8. The van der Waals surface area contributed by atoms with Gasteiger partial charge in [-0.25, -0.2) is 8.42 Å². The van der Waals surface area contributed by atoms with Gasteiger partial charge in [-0.2, -0.15) is 4.31 Å². The molecule has 0 saturated carbocycles. The minimum absolute atomic E-state index is 0.164. The minimum Gasteiger partial charge on any atom is -0.379 e. The maximum atomic E-state index is 12.8. The topological polar surface area (TPSA) is 87.7 Å². The van der Waals surface area contributed by atoms with Crippen LogP contribution in [0, 0.1) is 0 Å². The highest BCUT2D eigenvalue weighted by Crippen LogP contribution is 2.26. The molecule has 0 aromatic heterocycles. The van der Waals surface area contributed by atoms with Crippen molar-refractivity contribution >= 4 is 33.0 Å². The predicted octanol–water partition coefficient (Wildman–Crippen LogP) is 3.70. The Labute approximate surface area is 181 Å². The smallest absolute Gasteiger partial charge is 0.255 e. The van der Waals surface area contributed by atoms with Gasteiger partial charge in [0.15, 0.2) is 0 Å². The molecule has 3 aromatic carbocycles. The summed E-state index contributed by atoms with van der Waals surface area (Å²) in [6.45, 7) is 1.43. The molecule has 1 saturated heterocycles. The molecule has 4 rings (SSSR count). The molecule has 2 N–H and O–H groups in total. The molecule has 0 aliphatic carbocycles. The number of nitrogens with zero attached hydrogens (tertiary/aromatic N) is 1. The van der Waals surface area contributed by atoms with E-state index < -0.39 is 10.0 Å². The summed E-state index contributed by atoms with van der Waals surface area (Å²) in [5.41, 5.74) is 2.66. The largest absolute Gasteiger partial charge is 0.379 e. The molecule has 1 fully saturated rings. The molecular weight excluding hydrogens is 414 g/mol. The SMILES string of the molecule is O=C(Nc1ccccc1Nc1ccccc1)c1ccc(S(=O)(=O)N2CCOCC2)cc1. The highest BCUT2D eigenvalue weighted by Gasteiger charge is 2.26. The van der Waals surface area contributed by atoms with Crippen LogP contribution >= 0.6 is 0 Å². The van der Waals surface area contributed by atoms with Gasteiger partial charge in [-0.15, -0.1) is 0 Å². The Morgan fingerprint density at radius 3 is 2.10 bits per heavy atom. The molecular formula is C23H23N3O4S. The minimum atomic E-state index is -3.59. The first-order valence-corrected chi connectivity index (χ1v) is 11.4. The zero-order chi connectivity index (χ0) is 21.7. The van der Waals surface area contributed by atoms with E-state index in [2.05, 4.69) is 10.6 Å². The van der Waals surface area contributed by atoms with E-state index in [0.717, 1.165) is 11.4 Å². The first-order valence-electron chi connectivity index (χ1n) is 9.94. The molecule has 160 valence electrons. The average molecular weight is 438 g/mol. The lowest BCUT2D eigenvalue weighted by Gasteiger charge is -2.26. The van der Waals surface area contributed by atoms with E-state index in [-0.39, 0.29) is 10.8 Å². The number of rotatable bonds is 6. The third-order valence-corrected chi connectivity index (χ3v) is 6.87. The number of ether oxygens (including phenoxy) is 1. The second-order valence-electron chi connectivity index (χ2n) is 7.03. The van der Waals surface area contributed by atoms with Crippen molar-refractivity contribution in [3.63, 3.8) is 0 Å². The van der Waals surface area contributed by atoms with Crippen molar-refractivity contribution in [3.05, 3.63) is 84.4 Å². The number of benzene rings is 3. The molecule has 0 spiro atoms. The summed E-state index contributed by atoms with van der Waals surface area (Å²) in [7, 11) is -3.59. The molecule has 0 atom stereocenters. The monoisotopic (exact) mass is 437 g/mol. The summed E-state index contributed by atoms with van der Waals surface area (Å²) in [6.07, 6.45) is 0. The second-order valence-corrected chi connectivity index (χ2v) is 8.97. The van der Waals surface area contributed by atoms with Crippen LogP contribution in [0.4, 0.5) is 17.1 Å². The van der Waals surface area contributed by atoms with E-state index in [1.165, 1.54) is 28.6 Å². The first kappa shape index (κ1) is 21.0. The van der Waals surface area contributed by atoms with E-state index in [9.17, 15) is 13.2 Å². The van der Waals surface area contributed by atoms with E-state index >= 15 is 0 Å². The summed E-state index contributed by atoms with van der Waals surface area (Å²) < 4.78 is 32.1. The van der Waals surface area contributed by atoms with Gasteiger partial charge in [0.2, 0.25) is 10.0 Å². The van der Waals surface area contributed by atoms with Crippen molar-refractivity contribution in [2.45, 2.75) is 4.90 Å². The van der Waals surface area contributed by atoms with Gasteiger partial charge in [-0.05, 0) is 48.5 Å². The quantitative estimate of drug-likeness (QED) is 0.614. The number of carbonyl (C=O) groups is 1. The van der Waals surface area contributed by atoms with Crippen LogP contribution < -0.4 is 10.6 Å². The average Bonchev–Trinajstić information content (AvgIpc) is 2.81. The van der Waals surface area contributed by atoms with Gasteiger partial charge in [0.05, 0.1) is 29.5 Å². The van der Waals surface area contributed by atoms with Gasteiger partial charge in [0, 0.05) is 24.3 Å². The number of hydrogen-bond donors (Lipinski definition) is 2. The number of morpholine rings is 1. The first-order chi connectivity index (χ1) is 15.0. The maximum absolute atomic E-state index is 12.8. The van der Waals surface area contributed by atoms with E-state index in [0.29, 0.717) is 37.6 Å². The molecule has 1 aliphatic heterocycles. The fourth-order valence-corrected chi connectivity index (χ4v) is 4.69. The Balaban J connectivity index is 1.48. The van der Waals surface area contributed by atoms with Crippen LogP contribution in [0.1, 0.15) is 10.4 Å². The molecule has 1 heterocycles. The van der Waals surface area contributed by atoms with Gasteiger partial charge in [-0.3, -0.25) is 4.79 Å². The molecule has 1 aliphatic rings. The van der Waals surface area contributed by atoms with Crippen molar-refractivity contribution < 1.29 is 17.9 Å². The van der Waals surface area contributed by atoms with E-state index in [1.807, 2.05) is 48.5 Å². The van der Waals surface area contributed by atoms with Gasteiger partial charge < -0.3 is 15.4 Å². The lowest BCUT2D eigenvalue weighted by Crippen LogP contribution is -2.40. The molecule has 0 unspecified atom stereocenters. The van der Waals surface area contributed by atoms with Crippen LogP contribution in [0.3, 0.4) is 0 Å². The maximum Gasteiger partial charge on any atom is 0.255 e. The standard InChI is InChI=1S/C23H23N3O4S/c27-23(25-22-9-5-4-8-21(22)24-19-6-2-1-3-7-19)18-10-12-20(13-11-18)31(28,29)26-14-16-30-17-15-26/h1-13,24H,14-17H2,(H,25,27). The molecule has 1 amide bonds. The number of anilines is 3. The summed E-state index contributed by atoms with van der Waals surface area (Å²) in [5.74, 6) is -0.322. The summed E-state index contributed by atoms with van der Waals surface area (Å²) in [4.78, 5) is 12.9. The van der Waals surface area contributed by atoms with Crippen LogP contribution in [0.25, 0.3) is 0 Å².